The molecule has 0 spiro atoms. The van der Waals surface area contributed by atoms with Crippen LogP contribution in [0.15, 0.2) is 52.0 Å². The maximum absolute atomic E-state index is 12.4. The number of hydrogen-bond donors (Lipinski definition) is 2. The van der Waals surface area contributed by atoms with Gasteiger partial charge in [0.25, 0.3) is 11.5 Å². The van der Waals surface area contributed by atoms with Crippen LogP contribution in [0.25, 0.3) is 10.9 Å². The van der Waals surface area contributed by atoms with E-state index in [2.05, 4.69) is 53.8 Å². The number of amides is 1. The van der Waals surface area contributed by atoms with Crippen LogP contribution < -0.4 is 10.9 Å². The van der Waals surface area contributed by atoms with E-state index in [0.717, 1.165) is 8.04 Å². The minimum atomic E-state index is -0.238. The van der Waals surface area contributed by atoms with Gasteiger partial charge in [-0.15, -0.1) is 0 Å². The molecule has 110 valence electrons. The van der Waals surface area contributed by atoms with Crippen molar-refractivity contribution in [3.63, 3.8) is 0 Å². The summed E-state index contributed by atoms with van der Waals surface area (Å²) in [6.07, 6.45) is 1.35. The molecule has 3 rings (SSSR count). The molecule has 1 heterocycles. The molecule has 2 aromatic carbocycles. The molecular formula is C15H9BrIN3O2. The summed E-state index contributed by atoms with van der Waals surface area (Å²) in [6, 6.07) is 10.5. The molecule has 0 unspecified atom stereocenters. The molecule has 0 atom stereocenters. The number of rotatable bonds is 2. The zero-order valence-corrected chi connectivity index (χ0v) is 14.8. The predicted octanol–water partition coefficient (Wildman–Crippen LogP) is 3.54. The van der Waals surface area contributed by atoms with Crippen LogP contribution in [0.3, 0.4) is 0 Å². The van der Waals surface area contributed by atoms with E-state index in [-0.39, 0.29) is 11.5 Å². The van der Waals surface area contributed by atoms with Crippen molar-refractivity contribution in [2.24, 2.45) is 0 Å². The van der Waals surface area contributed by atoms with Gasteiger partial charge in [-0.2, -0.15) is 0 Å². The van der Waals surface area contributed by atoms with Gasteiger partial charge in [0.1, 0.15) is 0 Å². The van der Waals surface area contributed by atoms with Crippen molar-refractivity contribution < 1.29 is 4.79 Å². The minimum Gasteiger partial charge on any atom is -0.322 e. The van der Waals surface area contributed by atoms with Crippen LogP contribution >= 0.6 is 38.5 Å². The number of carbonyl (C=O) groups excluding carboxylic acids is 1. The number of H-pyrrole nitrogens is 1. The van der Waals surface area contributed by atoms with Crippen LogP contribution in [0.2, 0.25) is 0 Å². The van der Waals surface area contributed by atoms with Crippen LogP contribution in [0.1, 0.15) is 10.4 Å². The first-order chi connectivity index (χ1) is 10.5. The van der Waals surface area contributed by atoms with Crippen molar-refractivity contribution in [1.82, 2.24) is 9.97 Å². The second-order valence-electron chi connectivity index (χ2n) is 4.54. The fraction of sp³-hybridized carbons (Fsp3) is 0. The molecule has 2 N–H and O–H groups in total. The first kappa shape index (κ1) is 15.2. The zero-order valence-electron chi connectivity index (χ0n) is 11.1. The molecule has 1 amide bonds. The highest BCUT2D eigenvalue weighted by Crippen LogP contribution is 2.20. The second-order valence-corrected chi connectivity index (χ2v) is 6.62. The highest BCUT2D eigenvalue weighted by Gasteiger charge is 2.11. The molecule has 22 heavy (non-hydrogen) atoms. The third-order valence-corrected chi connectivity index (χ3v) is 4.51. The van der Waals surface area contributed by atoms with E-state index in [0.29, 0.717) is 22.2 Å². The Kier molecular flexibility index (Phi) is 4.25. The van der Waals surface area contributed by atoms with Gasteiger partial charge in [0.2, 0.25) is 0 Å². The summed E-state index contributed by atoms with van der Waals surface area (Å²) in [7, 11) is 0. The monoisotopic (exact) mass is 469 g/mol. The van der Waals surface area contributed by atoms with E-state index in [1.165, 1.54) is 6.33 Å². The molecule has 0 saturated heterocycles. The third kappa shape index (κ3) is 3.05. The van der Waals surface area contributed by atoms with Gasteiger partial charge < -0.3 is 10.3 Å². The Morgan fingerprint density at radius 2 is 2.05 bits per heavy atom. The summed E-state index contributed by atoms with van der Waals surface area (Å²) in [6.45, 7) is 0. The van der Waals surface area contributed by atoms with E-state index >= 15 is 0 Å². The number of nitrogens with one attached hydrogen (secondary N) is 2. The summed E-state index contributed by atoms with van der Waals surface area (Å²) in [5.74, 6) is -0.231. The topological polar surface area (TPSA) is 74.8 Å². The molecule has 1 aromatic heterocycles. The van der Waals surface area contributed by atoms with E-state index in [1.807, 2.05) is 12.1 Å². The molecule has 0 bridgehead atoms. The molecule has 0 saturated carbocycles. The van der Waals surface area contributed by atoms with Crippen LogP contribution in [0, 0.1) is 3.57 Å². The Morgan fingerprint density at radius 1 is 1.23 bits per heavy atom. The predicted molar refractivity (Wildman–Crippen MR) is 97.2 cm³/mol. The molecule has 0 aliphatic heterocycles. The van der Waals surface area contributed by atoms with Gasteiger partial charge >= 0.3 is 0 Å². The van der Waals surface area contributed by atoms with Crippen LogP contribution in [0.4, 0.5) is 5.69 Å². The second kappa shape index (κ2) is 6.17. The van der Waals surface area contributed by atoms with E-state index in [9.17, 15) is 9.59 Å². The number of benzene rings is 2. The third-order valence-electron chi connectivity index (χ3n) is 3.07. The normalized spacial score (nSPS) is 10.6. The maximum Gasteiger partial charge on any atom is 0.258 e. The first-order valence-electron chi connectivity index (χ1n) is 6.28. The average Bonchev–Trinajstić information content (AvgIpc) is 2.50. The van der Waals surface area contributed by atoms with E-state index in [4.69, 9.17) is 0 Å². The molecule has 7 heteroatoms. The van der Waals surface area contributed by atoms with Gasteiger partial charge in [0.05, 0.1) is 22.8 Å². The molecule has 5 nitrogen and oxygen atoms in total. The molecule has 0 aliphatic rings. The first-order valence-corrected chi connectivity index (χ1v) is 8.15. The summed E-state index contributed by atoms with van der Waals surface area (Å²) in [4.78, 5) is 30.7. The number of fused-ring (bicyclic) bond motifs is 1. The lowest BCUT2D eigenvalue weighted by Crippen LogP contribution is -2.14. The number of aromatic nitrogens is 2. The summed E-state index contributed by atoms with van der Waals surface area (Å²) < 4.78 is 1.68. The van der Waals surface area contributed by atoms with Crippen LogP contribution in [-0.4, -0.2) is 15.9 Å². The summed E-state index contributed by atoms with van der Waals surface area (Å²) in [5, 5.41) is 3.23. The number of hydrogen-bond acceptors (Lipinski definition) is 3. The number of carbonyl (C=O) groups is 1. The minimum absolute atomic E-state index is 0.231. The lowest BCUT2D eigenvalue weighted by atomic mass is 10.2. The number of halogens is 2. The van der Waals surface area contributed by atoms with Crippen molar-refractivity contribution in [2.45, 2.75) is 0 Å². The van der Waals surface area contributed by atoms with Crippen molar-refractivity contribution in [3.8, 4) is 0 Å². The Hall–Kier alpha value is -1.74. The largest absolute Gasteiger partial charge is 0.322 e. The number of nitrogens with zero attached hydrogens (tertiary/aromatic N) is 1. The molecule has 0 fully saturated rings. The van der Waals surface area contributed by atoms with Gasteiger partial charge in [0, 0.05) is 13.7 Å². The smallest absolute Gasteiger partial charge is 0.258 e. The quantitative estimate of drug-likeness (QED) is 0.563. The highest BCUT2D eigenvalue weighted by molar-refractivity contribution is 14.1. The lowest BCUT2D eigenvalue weighted by Gasteiger charge is -2.08. The van der Waals surface area contributed by atoms with E-state index in [1.54, 1.807) is 24.3 Å². The van der Waals surface area contributed by atoms with E-state index < -0.39 is 0 Å². The Balaban J connectivity index is 1.96. The standard InChI is InChI=1S/C15H9BrIN3O2/c16-8-1-3-12(17)10(5-8)15(22)20-9-2-4-13-11(6-9)14(21)19-7-18-13/h1-7H,(H,20,22)(H,18,19,21). The summed E-state index contributed by atoms with van der Waals surface area (Å²) in [5.41, 5.74) is 1.46. The van der Waals surface area contributed by atoms with Gasteiger partial charge in [-0.3, -0.25) is 9.59 Å². The SMILES string of the molecule is O=C(Nc1ccc2nc[nH]c(=O)c2c1)c1cc(Br)ccc1I. The van der Waals surface area contributed by atoms with Gasteiger partial charge in [0.15, 0.2) is 0 Å². The van der Waals surface area contributed by atoms with Crippen LogP contribution in [0.5, 0.6) is 0 Å². The molecule has 0 aliphatic carbocycles. The summed E-state index contributed by atoms with van der Waals surface area (Å²) >= 11 is 5.46. The van der Waals surface area contributed by atoms with Crippen molar-refractivity contribution in [2.75, 3.05) is 5.32 Å². The fourth-order valence-electron chi connectivity index (χ4n) is 2.02. The van der Waals surface area contributed by atoms with Crippen LogP contribution in [-0.2, 0) is 0 Å². The Bertz CT molecular complexity index is 939. The number of aromatic amines is 1. The highest BCUT2D eigenvalue weighted by atomic mass is 127. The molecule has 3 aromatic rings. The number of anilines is 1. The van der Waals surface area contributed by atoms with Gasteiger partial charge in [-0.25, -0.2) is 4.98 Å². The zero-order chi connectivity index (χ0) is 15.7. The average molecular weight is 470 g/mol. The van der Waals surface area contributed by atoms with Crippen molar-refractivity contribution in [1.29, 1.82) is 0 Å². The fourth-order valence-corrected chi connectivity index (χ4v) is 2.96. The van der Waals surface area contributed by atoms with Crippen molar-refractivity contribution in [3.05, 3.63) is 66.7 Å². The maximum atomic E-state index is 12.4. The van der Waals surface area contributed by atoms with Gasteiger partial charge in [-0.05, 0) is 59.0 Å². The molecule has 0 radical (unpaired) electrons. The lowest BCUT2D eigenvalue weighted by molar-refractivity contribution is 0.102. The van der Waals surface area contributed by atoms with Gasteiger partial charge in [-0.1, -0.05) is 15.9 Å². The Labute approximate surface area is 147 Å². The Morgan fingerprint density at radius 3 is 2.86 bits per heavy atom. The van der Waals surface area contributed by atoms with Crippen molar-refractivity contribution >= 4 is 61.0 Å². The molecular weight excluding hydrogens is 461 g/mol.